The Kier molecular flexibility index (Phi) is 3.55. The molecule has 1 fully saturated rings. The van der Waals surface area contributed by atoms with E-state index in [1.54, 1.807) is 6.92 Å². The molecule has 0 heterocycles. The summed E-state index contributed by atoms with van der Waals surface area (Å²) in [6.07, 6.45) is 3.51. The lowest BCUT2D eigenvalue weighted by atomic mass is 10.1. The van der Waals surface area contributed by atoms with Crippen LogP contribution in [0.3, 0.4) is 0 Å². The third-order valence-electron chi connectivity index (χ3n) is 3.41. The standard InChI is InChI=1S/C14H19FN2O/c1-8(5-10-3-4-10)17-14(18)11-6-12(15)9(2)13(16)7-11/h6-8,10H,3-5,16H2,1-2H3,(H,17,18). The topological polar surface area (TPSA) is 55.1 Å². The first-order valence-corrected chi connectivity index (χ1v) is 6.34. The molecule has 0 radical (unpaired) electrons. The van der Waals surface area contributed by atoms with Gasteiger partial charge in [-0.3, -0.25) is 4.79 Å². The van der Waals surface area contributed by atoms with Gasteiger partial charge >= 0.3 is 0 Å². The minimum atomic E-state index is -0.435. The van der Waals surface area contributed by atoms with Crippen molar-refractivity contribution in [3.05, 3.63) is 29.1 Å². The number of nitrogens with two attached hydrogens (primary N) is 1. The molecule has 0 bridgehead atoms. The minimum Gasteiger partial charge on any atom is -0.398 e. The van der Waals surface area contributed by atoms with E-state index in [1.165, 1.54) is 25.0 Å². The summed E-state index contributed by atoms with van der Waals surface area (Å²) in [6, 6.07) is 2.89. The highest BCUT2D eigenvalue weighted by atomic mass is 19.1. The second kappa shape index (κ2) is 4.96. The molecule has 3 nitrogen and oxygen atoms in total. The van der Waals surface area contributed by atoms with Gasteiger partial charge in [-0.25, -0.2) is 4.39 Å². The first-order chi connectivity index (χ1) is 8.47. The summed E-state index contributed by atoms with van der Waals surface area (Å²) in [4.78, 5) is 11.9. The molecule has 3 N–H and O–H groups in total. The largest absolute Gasteiger partial charge is 0.398 e. The molecule has 1 unspecified atom stereocenters. The summed E-state index contributed by atoms with van der Waals surface area (Å²) < 4.78 is 13.5. The van der Waals surface area contributed by atoms with E-state index in [9.17, 15) is 9.18 Å². The van der Waals surface area contributed by atoms with Crippen LogP contribution in [0.25, 0.3) is 0 Å². The van der Waals surface area contributed by atoms with Crippen molar-refractivity contribution < 1.29 is 9.18 Å². The molecular formula is C14H19FN2O. The molecule has 0 aliphatic heterocycles. The zero-order valence-corrected chi connectivity index (χ0v) is 10.8. The molecule has 0 spiro atoms. The fraction of sp³-hybridized carbons (Fsp3) is 0.500. The van der Waals surface area contributed by atoms with Gasteiger partial charge in [-0.05, 0) is 38.3 Å². The molecule has 18 heavy (non-hydrogen) atoms. The number of carbonyl (C=O) groups is 1. The van der Waals surface area contributed by atoms with Crippen LogP contribution in [0.1, 0.15) is 42.1 Å². The van der Waals surface area contributed by atoms with E-state index in [0.717, 1.165) is 12.3 Å². The average molecular weight is 250 g/mol. The van der Waals surface area contributed by atoms with Crippen LogP contribution < -0.4 is 11.1 Å². The van der Waals surface area contributed by atoms with Crippen LogP contribution in [0.4, 0.5) is 10.1 Å². The third kappa shape index (κ3) is 3.00. The molecule has 1 aromatic carbocycles. The molecular weight excluding hydrogens is 231 g/mol. The Balaban J connectivity index is 2.03. The fourth-order valence-corrected chi connectivity index (χ4v) is 2.05. The van der Waals surface area contributed by atoms with Gasteiger partial charge in [-0.15, -0.1) is 0 Å². The van der Waals surface area contributed by atoms with Crippen LogP contribution in [0.15, 0.2) is 12.1 Å². The highest BCUT2D eigenvalue weighted by Crippen LogP contribution is 2.33. The van der Waals surface area contributed by atoms with E-state index in [2.05, 4.69) is 5.32 Å². The van der Waals surface area contributed by atoms with Crippen molar-refractivity contribution in [3.8, 4) is 0 Å². The van der Waals surface area contributed by atoms with E-state index in [4.69, 9.17) is 5.73 Å². The molecule has 1 atom stereocenters. The second-order valence-corrected chi connectivity index (χ2v) is 5.23. The molecule has 1 aliphatic carbocycles. The fourth-order valence-electron chi connectivity index (χ4n) is 2.05. The number of nitrogen functional groups attached to an aromatic ring is 1. The zero-order chi connectivity index (χ0) is 13.3. The second-order valence-electron chi connectivity index (χ2n) is 5.23. The smallest absolute Gasteiger partial charge is 0.251 e. The Morgan fingerprint density at radius 3 is 2.78 bits per heavy atom. The van der Waals surface area contributed by atoms with Crippen molar-refractivity contribution in [1.29, 1.82) is 0 Å². The number of nitrogens with one attached hydrogen (secondary N) is 1. The maximum atomic E-state index is 13.5. The number of carbonyl (C=O) groups excluding carboxylic acids is 1. The maximum absolute atomic E-state index is 13.5. The van der Waals surface area contributed by atoms with Gasteiger partial charge in [-0.1, -0.05) is 12.8 Å². The molecule has 0 saturated heterocycles. The number of anilines is 1. The highest BCUT2D eigenvalue weighted by Gasteiger charge is 2.24. The molecule has 4 heteroatoms. The Morgan fingerprint density at radius 2 is 2.22 bits per heavy atom. The lowest BCUT2D eigenvalue weighted by Gasteiger charge is -2.14. The number of halogens is 1. The van der Waals surface area contributed by atoms with E-state index in [-0.39, 0.29) is 11.9 Å². The third-order valence-corrected chi connectivity index (χ3v) is 3.41. The van der Waals surface area contributed by atoms with Gasteiger partial charge in [0, 0.05) is 22.9 Å². The Bertz CT molecular complexity index is 446. The monoisotopic (exact) mass is 250 g/mol. The van der Waals surface area contributed by atoms with Crippen molar-refractivity contribution in [2.45, 2.75) is 39.2 Å². The number of benzene rings is 1. The SMILES string of the molecule is Cc1c(N)cc(C(=O)NC(C)CC2CC2)cc1F. The minimum absolute atomic E-state index is 0.121. The van der Waals surface area contributed by atoms with Crippen molar-refractivity contribution in [3.63, 3.8) is 0 Å². The number of hydrogen-bond acceptors (Lipinski definition) is 2. The number of amides is 1. The average Bonchev–Trinajstić information content (AvgIpc) is 3.08. The van der Waals surface area contributed by atoms with E-state index in [0.29, 0.717) is 16.8 Å². The van der Waals surface area contributed by atoms with Gasteiger partial charge in [-0.2, -0.15) is 0 Å². The Hall–Kier alpha value is -1.58. The zero-order valence-electron chi connectivity index (χ0n) is 10.8. The molecule has 1 amide bonds. The first kappa shape index (κ1) is 12.9. The summed E-state index contributed by atoms with van der Waals surface area (Å²) in [5, 5.41) is 2.88. The maximum Gasteiger partial charge on any atom is 0.251 e. The van der Waals surface area contributed by atoms with Crippen molar-refractivity contribution in [2.24, 2.45) is 5.92 Å². The number of rotatable bonds is 4. The van der Waals surface area contributed by atoms with Gasteiger partial charge < -0.3 is 11.1 Å². The van der Waals surface area contributed by atoms with Crippen LogP contribution in [-0.4, -0.2) is 11.9 Å². The lowest BCUT2D eigenvalue weighted by Crippen LogP contribution is -2.33. The van der Waals surface area contributed by atoms with Crippen LogP contribution in [0.2, 0.25) is 0 Å². The van der Waals surface area contributed by atoms with E-state index >= 15 is 0 Å². The molecule has 1 aromatic rings. The molecule has 1 aliphatic rings. The summed E-state index contributed by atoms with van der Waals surface area (Å²) in [7, 11) is 0. The highest BCUT2D eigenvalue weighted by molar-refractivity contribution is 5.95. The van der Waals surface area contributed by atoms with Crippen molar-refractivity contribution >= 4 is 11.6 Å². The Labute approximate surface area is 107 Å². The van der Waals surface area contributed by atoms with Gasteiger partial charge in [0.15, 0.2) is 0 Å². The predicted molar refractivity (Wildman–Crippen MR) is 69.8 cm³/mol. The van der Waals surface area contributed by atoms with E-state index in [1.807, 2.05) is 6.92 Å². The molecule has 2 rings (SSSR count). The van der Waals surface area contributed by atoms with Crippen LogP contribution in [0, 0.1) is 18.7 Å². The molecule has 1 saturated carbocycles. The van der Waals surface area contributed by atoms with Crippen LogP contribution in [-0.2, 0) is 0 Å². The quantitative estimate of drug-likeness (QED) is 0.807. The van der Waals surface area contributed by atoms with Crippen LogP contribution >= 0.6 is 0 Å². The van der Waals surface area contributed by atoms with Gasteiger partial charge in [0.05, 0.1) is 0 Å². The lowest BCUT2D eigenvalue weighted by molar-refractivity contribution is 0.0937. The predicted octanol–water partition coefficient (Wildman–Crippen LogP) is 2.63. The van der Waals surface area contributed by atoms with Gasteiger partial charge in [0.25, 0.3) is 5.91 Å². The number of hydrogen-bond donors (Lipinski definition) is 2. The van der Waals surface area contributed by atoms with Crippen molar-refractivity contribution in [1.82, 2.24) is 5.32 Å². The van der Waals surface area contributed by atoms with Crippen molar-refractivity contribution in [2.75, 3.05) is 5.73 Å². The van der Waals surface area contributed by atoms with Gasteiger partial charge in [0.2, 0.25) is 0 Å². The van der Waals surface area contributed by atoms with Crippen LogP contribution in [0.5, 0.6) is 0 Å². The first-order valence-electron chi connectivity index (χ1n) is 6.34. The normalized spacial score (nSPS) is 16.4. The summed E-state index contributed by atoms with van der Waals surface area (Å²) in [5.74, 6) is 0.0591. The Morgan fingerprint density at radius 1 is 1.56 bits per heavy atom. The summed E-state index contributed by atoms with van der Waals surface area (Å²) >= 11 is 0. The molecule has 98 valence electrons. The van der Waals surface area contributed by atoms with Gasteiger partial charge in [0.1, 0.15) is 5.82 Å². The summed E-state index contributed by atoms with van der Waals surface area (Å²) in [6.45, 7) is 3.58. The molecule has 0 aromatic heterocycles. The summed E-state index contributed by atoms with van der Waals surface area (Å²) in [5.41, 5.74) is 6.65. The van der Waals surface area contributed by atoms with E-state index < -0.39 is 5.82 Å².